The first-order chi connectivity index (χ1) is 15.0. The number of anilines is 2. The largest absolute Gasteiger partial charge is 0.506 e. The summed E-state index contributed by atoms with van der Waals surface area (Å²) >= 11 is 17.7. The Bertz CT molecular complexity index is 1270. The fourth-order valence-corrected chi connectivity index (χ4v) is 4.96. The van der Waals surface area contributed by atoms with Crippen LogP contribution in [0, 0.1) is 5.82 Å². The number of hydrogen-bond acceptors (Lipinski definition) is 4. The number of aromatic hydroxyl groups is 1. The topological polar surface area (TPSA) is 86.7 Å². The van der Waals surface area contributed by atoms with Gasteiger partial charge in [-0.05, 0) is 67.6 Å². The zero-order chi connectivity index (χ0) is 23.6. The van der Waals surface area contributed by atoms with E-state index in [1.165, 1.54) is 55.5 Å². The maximum Gasteiger partial charge on any atom is 0.265 e. The lowest BCUT2D eigenvalue weighted by Crippen LogP contribution is -2.46. The predicted molar refractivity (Wildman–Crippen MR) is 124 cm³/mol. The fraction of sp³-hybridized carbons (Fsp3) is 0.0952. The molecule has 0 aliphatic carbocycles. The Morgan fingerprint density at radius 3 is 2.19 bits per heavy atom. The number of halogens is 4. The van der Waals surface area contributed by atoms with E-state index in [0.29, 0.717) is 9.33 Å². The molecule has 0 heterocycles. The minimum Gasteiger partial charge on any atom is -0.506 e. The van der Waals surface area contributed by atoms with E-state index >= 15 is 0 Å². The number of phenols is 1. The van der Waals surface area contributed by atoms with E-state index in [-0.39, 0.29) is 26.4 Å². The van der Waals surface area contributed by atoms with Crippen molar-refractivity contribution in [2.45, 2.75) is 17.9 Å². The smallest absolute Gasteiger partial charge is 0.265 e. The standard InChI is InChI=1S/C21H16Cl3FN2O4S/c1-12(21(29)26-18-10-14(23)5-9-20(18)28)27(19-11-15(24)4-8-17(19)25)32(30,31)16-6-2-13(22)3-7-16/h2-12,28H,1H3,(H,26,29). The highest BCUT2D eigenvalue weighted by Gasteiger charge is 2.35. The van der Waals surface area contributed by atoms with Crippen LogP contribution in [0.3, 0.4) is 0 Å². The number of rotatable bonds is 6. The number of amides is 1. The van der Waals surface area contributed by atoms with Crippen LogP contribution in [-0.4, -0.2) is 25.5 Å². The molecule has 0 fully saturated rings. The molecule has 0 aliphatic rings. The summed E-state index contributed by atoms with van der Waals surface area (Å²) in [6, 6.07) is 11.0. The number of carbonyl (C=O) groups is 1. The van der Waals surface area contributed by atoms with Crippen LogP contribution < -0.4 is 9.62 Å². The SMILES string of the molecule is CC(C(=O)Nc1cc(Cl)ccc1O)N(c1cc(Cl)ccc1F)S(=O)(=O)c1ccc(Cl)cc1. The number of phenolic OH excluding ortho intramolecular Hbond substituents is 1. The van der Waals surface area contributed by atoms with Crippen molar-refractivity contribution >= 4 is 62.1 Å². The van der Waals surface area contributed by atoms with Gasteiger partial charge in [0.1, 0.15) is 17.6 Å². The van der Waals surface area contributed by atoms with Gasteiger partial charge in [0.05, 0.1) is 16.3 Å². The van der Waals surface area contributed by atoms with Gasteiger partial charge in [0, 0.05) is 15.1 Å². The van der Waals surface area contributed by atoms with Crippen molar-refractivity contribution in [3.05, 3.63) is 81.5 Å². The normalized spacial score (nSPS) is 12.3. The molecule has 1 amide bonds. The Hall–Kier alpha value is -2.52. The molecule has 0 aliphatic heterocycles. The fourth-order valence-electron chi connectivity index (χ4n) is 2.87. The van der Waals surface area contributed by atoms with Gasteiger partial charge in [-0.3, -0.25) is 9.10 Å². The lowest BCUT2D eigenvalue weighted by atomic mass is 10.2. The van der Waals surface area contributed by atoms with Gasteiger partial charge in [0.25, 0.3) is 10.0 Å². The molecule has 0 bridgehead atoms. The van der Waals surface area contributed by atoms with Crippen LogP contribution in [0.5, 0.6) is 5.75 Å². The monoisotopic (exact) mass is 516 g/mol. The molecule has 1 unspecified atom stereocenters. The zero-order valence-corrected chi connectivity index (χ0v) is 19.5. The molecule has 1 atom stereocenters. The molecule has 11 heteroatoms. The van der Waals surface area contributed by atoms with Crippen molar-refractivity contribution in [3.8, 4) is 5.75 Å². The van der Waals surface area contributed by atoms with E-state index in [1.807, 2.05) is 0 Å². The Labute approximate surface area is 199 Å². The molecule has 3 aromatic carbocycles. The van der Waals surface area contributed by atoms with Crippen LogP contribution in [0.2, 0.25) is 15.1 Å². The van der Waals surface area contributed by atoms with Crippen molar-refractivity contribution in [2.24, 2.45) is 0 Å². The van der Waals surface area contributed by atoms with Crippen LogP contribution in [0.25, 0.3) is 0 Å². The second-order valence-electron chi connectivity index (χ2n) is 6.68. The van der Waals surface area contributed by atoms with Crippen molar-refractivity contribution in [2.75, 3.05) is 9.62 Å². The molecule has 3 aromatic rings. The summed E-state index contributed by atoms with van der Waals surface area (Å²) in [5.74, 6) is -2.03. The van der Waals surface area contributed by atoms with E-state index in [9.17, 15) is 22.7 Å². The number of nitrogens with zero attached hydrogens (tertiary/aromatic N) is 1. The third-order valence-electron chi connectivity index (χ3n) is 4.46. The first-order valence-electron chi connectivity index (χ1n) is 9.05. The third kappa shape index (κ3) is 5.10. The Morgan fingerprint density at radius 2 is 1.53 bits per heavy atom. The maximum absolute atomic E-state index is 14.7. The number of benzene rings is 3. The van der Waals surface area contributed by atoms with E-state index < -0.39 is 33.5 Å². The first kappa shape index (κ1) is 24.1. The summed E-state index contributed by atoms with van der Waals surface area (Å²) in [4.78, 5) is 12.8. The average Bonchev–Trinajstić information content (AvgIpc) is 2.73. The van der Waals surface area contributed by atoms with Crippen molar-refractivity contribution in [1.82, 2.24) is 0 Å². The van der Waals surface area contributed by atoms with E-state index in [2.05, 4.69) is 5.32 Å². The number of carbonyl (C=O) groups excluding carboxylic acids is 1. The molecule has 32 heavy (non-hydrogen) atoms. The Balaban J connectivity index is 2.09. The molecule has 0 saturated carbocycles. The van der Waals surface area contributed by atoms with Crippen molar-refractivity contribution in [1.29, 1.82) is 0 Å². The van der Waals surface area contributed by atoms with E-state index in [4.69, 9.17) is 34.8 Å². The van der Waals surface area contributed by atoms with Crippen LogP contribution >= 0.6 is 34.8 Å². The van der Waals surface area contributed by atoms with E-state index in [1.54, 1.807) is 0 Å². The minimum absolute atomic E-state index is 0.0373. The van der Waals surface area contributed by atoms with Gasteiger partial charge < -0.3 is 10.4 Å². The van der Waals surface area contributed by atoms with Crippen molar-refractivity contribution in [3.63, 3.8) is 0 Å². The maximum atomic E-state index is 14.7. The van der Waals surface area contributed by atoms with Crippen LogP contribution in [-0.2, 0) is 14.8 Å². The molecule has 2 N–H and O–H groups in total. The summed E-state index contributed by atoms with van der Waals surface area (Å²) in [6.45, 7) is 1.27. The first-order valence-corrected chi connectivity index (χ1v) is 11.6. The molecular formula is C21H16Cl3FN2O4S. The van der Waals surface area contributed by atoms with Gasteiger partial charge in [-0.1, -0.05) is 34.8 Å². The van der Waals surface area contributed by atoms with Gasteiger partial charge in [-0.15, -0.1) is 0 Å². The van der Waals surface area contributed by atoms with Crippen LogP contribution in [0.15, 0.2) is 65.6 Å². The Kier molecular flexibility index (Phi) is 7.19. The quantitative estimate of drug-likeness (QED) is 0.410. The zero-order valence-electron chi connectivity index (χ0n) is 16.4. The summed E-state index contributed by atoms with van der Waals surface area (Å²) < 4.78 is 42.2. The summed E-state index contributed by atoms with van der Waals surface area (Å²) in [5, 5.41) is 13.0. The molecule has 3 rings (SSSR count). The lowest BCUT2D eigenvalue weighted by Gasteiger charge is -2.30. The molecule has 0 spiro atoms. The van der Waals surface area contributed by atoms with Gasteiger partial charge in [-0.25, -0.2) is 12.8 Å². The Morgan fingerprint density at radius 1 is 0.969 bits per heavy atom. The van der Waals surface area contributed by atoms with Crippen LogP contribution in [0.1, 0.15) is 6.92 Å². The molecule has 0 saturated heterocycles. The number of sulfonamides is 1. The molecule has 0 radical (unpaired) electrons. The summed E-state index contributed by atoms with van der Waals surface area (Å²) in [7, 11) is -4.44. The number of hydrogen-bond donors (Lipinski definition) is 2. The highest BCUT2D eigenvalue weighted by molar-refractivity contribution is 7.93. The van der Waals surface area contributed by atoms with E-state index in [0.717, 1.165) is 12.1 Å². The van der Waals surface area contributed by atoms with Gasteiger partial charge >= 0.3 is 0 Å². The minimum atomic E-state index is -4.44. The highest BCUT2D eigenvalue weighted by atomic mass is 35.5. The second kappa shape index (κ2) is 9.54. The average molecular weight is 518 g/mol. The van der Waals surface area contributed by atoms with Crippen LogP contribution in [0.4, 0.5) is 15.8 Å². The third-order valence-corrected chi connectivity index (χ3v) is 7.08. The predicted octanol–water partition coefficient (Wildman–Crippen LogP) is 5.71. The summed E-state index contributed by atoms with van der Waals surface area (Å²) in [5.41, 5.74) is -0.463. The van der Waals surface area contributed by atoms with Gasteiger partial charge in [0.2, 0.25) is 5.91 Å². The molecule has 6 nitrogen and oxygen atoms in total. The highest BCUT2D eigenvalue weighted by Crippen LogP contribution is 2.33. The molecule has 0 aromatic heterocycles. The van der Waals surface area contributed by atoms with Gasteiger partial charge in [-0.2, -0.15) is 0 Å². The van der Waals surface area contributed by atoms with Gasteiger partial charge in [0.15, 0.2) is 0 Å². The molecular weight excluding hydrogens is 502 g/mol. The van der Waals surface area contributed by atoms with Crippen molar-refractivity contribution < 1.29 is 22.7 Å². The summed E-state index contributed by atoms with van der Waals surface area (Å²) in [6.07, 6.45) is 0. The molecule has 168 valence electrons. The second-order valence-corrected chi connectivity index (χ2v) is 9.80. The number of nitrogens with one attached hydrogen (secondary N) is 1. The lowest BCUT2D eigenvalue weighted by molar-refractivity contribution is -0.116.